The van der Waals surface area contributed by atoms with E-state index in [1.165, 1.54) is 0 Å². The number of rotatable bonds is 7. The van der Waals surface area contributed by atoms with E-state index in [0.717, 1.165) is 38.1 Å². The van der Waals surface area contributed by atoms with Gasteiger partial charge < -0.3 is 0 Å². The molecule has 0 saturated heterocycles. The summed E-state index contributed by atoms with van der Waals surface area (Å²) in [5.41, 5.74) is 0. The molecule has 0 fully saturated rings. The zero-order chi connectivity index (χ0) is 11.9. The summed E-state index contributed by atoms with van der Waals surface area (Å²) in [5.74, 6) is 0. The van der Waals surface area contributed by atoms with Crippen molar-refractivity contribution in [3.8, 4) is 0 Å². The first kappa shape index (κ1) is 14.0. The van der Waals surface area contributed by atoms with Crippen LogP contribution in [0.4, 0.5) is 2.87 Å². The van der Waals surface area contributed by atoms with Crippen molar-refractivity contribution in [1.29, 1.82) is 0 Å². The van der Waals surface area contributed by atoms with E-state index in [2.05, 4.69) is 13.8 Å². The summed E-state index contributed by atoms with van der Waals surface area (Å²) < 4.78 is 17.9. The van der Waals surface area contributed by atoms with Crippen molar-refractivity contribution in [3.05, 3.63) is 30.3 Å². The van der Waals surface area contributed by atoms with E-state index in [9.17, 15) is 0 Å². The van der Waals surface area contributed by atoms with Crippen molar-refractivity contribution in [3.63, 3.8) is 0 Å². The second-order valence-electron chi connectivity index (χ2n) is 4.54. The molecule has 0 aliphatic heterocycles. The van der Waals surface area contributed by atoms with Gasteiger partial charge in [-0.1, -0.05) is 0 Å². The molecule has 1 rings (SSSR count). The molecule has 0 unspecified atom stereocenters. The minimum atomic E-state index is -3.47. The van der Waals surface area contributed by atoms with E-state index >= 15 is 2.87 Å². The van der Waals surface area contributed by atoms with Gasteiger partial charge in [0.2, 0.25) is 0 Å². The van der Waals surface area contributed by atoms with Gasteiger partial charge in [0.1, 0.15) is 0 Å². The molecule has 1 aromatic rings. The van der Waals surface area contributed by atoms with Crippen LogP contribution in [-0.2, 0) is 0 Å². The Bertz CT molecular complexity index is 276. The topological polar surface area (TPSA) is 0 Å². The Morgan fingerprint density at radius 2 is 1.44 bits per heavy atom. The first-order valence-corrected chi connectivity index (χ1v) is 13.0. The summed E-state index contributed by atoms with van der Waals surface area (Å²) in [4.78, 5) is 0. The molecule has 16 heavy (non-hydrogen) atoms. The third kappa shape index (κ3) is 4.08. The van der Waals surface area contributed by atoms with Crippen molar-refractivity contribution >= 4 is 22.5 Å². The number of benzene rings is 1. The van der Waals surface area contributed by atoms with Gasteiger partial charge >= 0.3 is 104 Å². The normalized spacial score (nSPS) is 11.7. The van der Waals surface area contributed by atoms with E-state index in [-0.39, 0.29) is 0 Å². The van der Waals surface area contributed by atoms with Crippen molar-refractivity contribution in [2.24, 2.45) is 0 Å². The maximum absolute atomic E-state index is 15.1. The molecule has 0 aliphatic carbocycles. The molecule has 0 amide bonds. The SMILES string of the molecule is CCC[CH2][Sn]([F])([CH2]CCC)[c]1ccccc1. The van der Waals surface area contributed by atoms with Crippen molar-refractivity contribution in [2.45, 2.75) is 48.4 Å². The molecule has 0 saturated carbocycles. The van der Waals surface area contributed by atoms with Gasteiger partial charge in [-0.2, -0.15) is 0 Å². The van der Waals surface area contributed by atoms with Gasteiger partial charge in [0.15, 0.2) is 0 Å². The van der Waals surface area contributed by atoms with Gasteiger partial charge in [-0.15, -0.1) is 0 Å². The molecule has 0 aliphatic rings. The molecule has 90 valence electrons. The molecular weight excluding hydrogens is 306 g/mol. The Hall–Kier alpha value is -0.0513. The van der Waals surface area contributed by atoms with Crippen LogP contribution in [0.25, 0.3) is 0 Å². The molecule has 0 spiro atoms. The third-order valence-corrected chi connectivity index (χ3v) is 13.6. The fraction of sp³-hybridized carbons (Fsp3) is 0.571. The number of halogens is 1. The van der Waals surface area contributed by atoms with Crippen LogP contribution >= 0.6 is 0 Å². The maximum atomic E-state index is 15.1. The Morgan fingerprint density at radius 1 is 0.938 bits per heavy atom. The predicted octanol–water partition coefficient (Wildman–Crippen LogP) is 4.41. The Labute approximate surface area is 104 Å². The number of unbranched alkanes of at least 4 members (excludes halogenated alkanes) is 2. The van der Waals surface area contributed by atoms with E-state index in [1.807, 2.05) is 30.3 Å². The Balaban J connectivity index is 2.77. The van der Waals surface area contributed by atoms with E-state index in [1.54, 1.807) is 0 Å². The third-order valence-electron chi connectivity index (χ3n) is 3.14. The van der Waals surface area contributed by atoms with Crippen molar-refractivity contribution < 1.29 is 2.87 Å². The van der Waals surface area contributed by atoms with E-state index < -0.39 is 18.9 Å². The summed E-state index contributed by atoms with van der Waals surface area (Å²) in [6.45, 7) is 4.30. The molecular formula is C14H23FSn. The van der Waals surface area contributed by atoms with Crippen molar-refractivity contribution in [2.75, 3.05) is 0 Å². The average molecular weight is 329 g/mol. The first-order valence-electron chi connectivity index (χ1n) is 6.47. The van der Waals surface area contributed by atoms with Crippen LogP contribution in [0.1, 0.15) is 39.5 Å². The quantitative estimate of drug-likeness (QED) is 0.650. The molecule has 2 heteroatoms. The summed E-state index contributed by atoms with van der Waals surface area (Å²) in [5, 5.41) is 0. The fourth-order valence-electron chi connectivity index (χ4n) is 2.06. The number of hydrogen-bond donors (Lipinski definition) is 0. The van der Waals surface area contributed by atoms with Gasteiger partial charge in [-0.05, 0) is 0 Å². The zero-order valence-corrected chi connectivity index (χ0v) is 13.4. The van der Waals surface area contributed by atoms with Crippen LogP contribution < -0.4 is 3.58 Å². The molecule has 0 radical (unpaired) electrons. The van der Waals surface area contributed by atoms with Crippen LogP contribution in [0, 0.1) is 0 Å². The van der Waals surface area contributed by atoms with Gasteiger partial charge in [0, 0.05) is 0 Å². The van der Waals surface area contributed by atoms with Crippen LogP contribution in [0.15, 0.2) is 30.3 Å². The van der Waals surface area contributed by atoms with Crippen LogP contribution in [0.5, 0.6) is 0 Å². The van der Waals surface area contributed by atoms with E-state index in [4.69, 9.17) is 0 Å². The average Bonchev–Trinajstić information content (AvgIpc) is 2.35. The summed E-state index contributed by atoms with van der Waals surface area (Å²) >= 11 is -3.47. The van der Waals surface area contributed by atoms with Crippen LogP contribution in [0.2, 0.25) is 8.87 Å². The molecule has 0 aromatic heterocycles. The minimum absolute atomic E-state index is 0.870. The van der Waals surface area contributed by atoms with Crippen LogP contribution in [-0.4, -0.2) is 18.9 Å². The molecule has 0 bridgehead atoms. The zero-order valence-electron chi connectivity index (χ0n) is 10.5. The standard InChI is InChI=1S/C6H5.2C4H9.FH.Sn/c1-2-4-6-5-3-1;2*1-3-4-2;;/h1-5H;2*1,3-4H2,2H3;1H;/q;;;;+1/p-1. The Kier molecular flexibility index (Phi) is 6.40. The van der Waals surface area contributed by atoms with Gasteiger partial charge in [-0.3, -0.25) is 0 Å². The Morgan fingerprint density at radius 3 is 1.88 bits per heavy atom. The van der Waals surface area contributed by atoms with Crippen molar-refractivity contribution in [1.82, 2.24) is 0 Å². The first-order chi connectivity index (χ1) is 7.73. The van der Waals surface area contributed by atoms with E-state index in [0.29, 0.717) is 0 Å². The molecule has 0 nitrogen and oxygen atoms in total. The predicted molar refractivity (Wildman–Crippen MR) is 72.4 cm³/mol. The summed E-state index contributed by atoms with van der Waals surface area (Å²) in [7, 11) is 0. The molecule has 1 aromatic carbocycles. The van der Waals surface area contributed by atoms with Gasteiger partial charge in [0.25, 0.3) is 0 Å². The second kappa shape index (κ2) is 7.31. The second-order valence-corrected chi connectivity index (χ2v) is 14.6. The molecule has 0 heterocycles. The molecule has 0 N–H and O–H groups in total. The molecule has 0 atom stereocenters. The monoisotopic (exact) mass is 330 g/mol. The van der Waals surface area contributed by atoms with Crippen LogP contribution in [0.3, 0.4) is 0 Å². The summed E-state index contributed by atoms with van der Waals surface area (Å²) in [6, 6.07) is 9.98. The van der Waals surface area contributed by atoms with Gasteiger partial charge in [-0.25, -0.2) is 0 Å². The van der Waals surface area contributed by atoms with Gasteiger partial charge in [0.05, 0.1) is 0 Å². The number of hydrogen-bond acceptors (Lipinski definition) is 0. The fourth-order valence-corrected chi connectivity index (χ4v) is 11.9. The summed E-state index contributed by atoms with van der Waals surface area (Å²) in [6.07, 6.45) is 4.35.